The molecule has 0 amide bonds. The normalized spacial score (nSPS) is 28.5. The molecule has 4 atom stereocenters. The van der Waals surface area contributed by atoms with Crippen LogP contribution in [0.3, 0.4) is 0 Å². The quantitative estimate of drug-likeness (QED) is 0.605. The van der Waals surface area contributed by atoms with E-state index >= 15 is 0 Å². The van der Waals surface area contributed by atoms with E-state index in [1.807, 2.05) is 31.2 Å². The molecule has 2 bridgehead atoms. The van der Waals surface area contributed by atoms with Crippen LogP contribution in [0.15, 0.2) is 24.3 Å². The highest BCUT2D eigenvalue weighted by Crippen LogP contribution is 2.60. The number of thiocarbonyl (C=S) groups is 1. The molecule has 0 heterocycles. The molecule has 3 aliphatic rings. The first-order valence-corrected chi connectivity index (χ1v) is 9.65. The van der Waals surface area contributed by atoms with Crippen molar-refractivity contribution < 1.29 is 14.3 Å². The molecule has 3 aliphatic carbocycles. The molecule has 0 radical (unpaired) electrons. The fourth-order valence-corrected chi connectivity index (χ4v) is 4.77. The minimum atomic E-state index is -0.142. The number of carbonyl (C=O) groups excluding carboxylic acids is 1. The fourth-order valence-electron chi connectivity index (χ4n) is 4.51. The zero-order valence-corrected chi connectivity index (χ0v) is 16.7. The minimum absolute atomic E-state index is 0.000317. The van der Waals surface area contributed by atoms with Crippen molar-refractivity contribution in [1.82, 2.24) is 5.32 Å². The first-order chi connectivity index (χ1) is 12.4. The summed E-state index contributed by atoms with van der Waals surface area (Å²) in [7, 11) is 1.64. The Morgan fingerprint density at radius 1 is 1.35 bits per heavy atom. The molecule has 26 heavy (non-hydrogen) atoms. The van der Waals surface area contributed by atoms with E-state index in [1.54, 1.807) is 7.11 Å². The molecular weight excluding hydrogens is 348 g/mol. The molecule has 142 valence electrons. The van der Waals surface area contributed by atoms with Gasteiger partial charge in [0.25, 0.3) is 0 Å². The summed E-state index contributed by atoms with van der Waals surface area (Å²) >= 11 is 5.53. The van der Waals surface area contributed by atoms with Crippen LogP contribution < -0.4 is 15.4 Å². The predicted molar refractivity (Wildman–Crippen MR) is 106 cm³/mol. The number of anilines is 1. The number of esters is 1. The van der Waals surface area contributed by atoms with Crippen LogP contribution in [0, 0.1) is 23.2 Å². The van der Waals surface area contributed by atoms with Crippen LogP contribution in [-0.4, -0.2) is 30.8 Å². The lowest BCUT2D eigenvalue weighted by Gasteiger charge is -2.62. The van der Waals surface area contributed by atoms with Gasteiger partial charge in [0.1, 0.15) is 5.75 Å². The zero-order valence-electron chi connectivity index (χ0n) is 15.9. The molecule has 6 heteroatoms. The molecule has 1 aromatic rings. The Morgan fingerprint density at radius 2 is 2.12 bits per heavy atom. The molecule has 4 rings (SSSR count). The summed E-state index contributed by atoms with van der Waals surface area (Å²) in [6, 6.07) is 7.62. The van der Waals surface area contributed by atoms with Crippen molar-refractivity contribution in [3.63, 3.8) is 0 Å². The lowest BCUT2D eigenvalue weighted by Crippen LogP contribution is -2.65. The van der Waals surface area contributed by atoms with Crippen molar-refractivity contribution in [3.8, 4) is 5.75 Å². The second-order valence-corrected chi connectivity index (χ2v) is 8.22. The fraction of sp³-hybridized carbons (Fsp3) is 0.600. The van der Waals surface area contributed by atoms with Gasteiger partial charge < -0.3 is 20.1 Å². The van der Waals surface area contributed by atoms with Crippen molar-refractivity contribution >= 4 is 29.0 Å². The van der Waals surface area contributed by atoms with Crippen LogP contribution in [0.1, 0.15) is 33.6 Å². The highest BCUT2D eigenvalue weighted by molar-refractivity contribution is 7.80. The summed E-state index contributed by atoms with van der Waals surface area (Å²) in [4.78, 5) is 12.5. The van der Waals surface area contributed by atoms with Gasteiger partial charge in [0.05, 0.1) is 19.6 Å². The Bertz CT molecular complexity index is 691. The van der Waals surface area contributed by atoms with Crippen molar-refractivity contribution in [2.24, 2.45) is 23.2 Å². The second kappa shape index (κ2) is 7.43. The molecular formula is C20H28N2O3S. The number of fused-ring (bicyclic) bond motifs is 2. The van der Waals surface area contributed by atoms with E-state index in [0.717, 1.165) is 24.3 Å². The van der Waals surface area contributed by atoms with Crippen molar-refractivity contribution in [2.45, 2.75) is 39.7 Å². The highest BCUT2D eigenvalue weighted by atomic mass is 32.1. The Balaban J connectivity index is 1.71. The van der Waals surface area contributed by atoms with Gasteiger partial charge >= 0.3 is 5.97 Å². The number of hydrogen-bond acceptors (Lipinski definition) is 4. The number of hydrogen-bond donors (Lipinski definition) is 2. The average Bonchev–Trinajstić information content (AvgIpc) is 2.61. The Hall–Kier alpha value is -1.82. The van der Waals surface area contributed by atoms with E-state index in [9.17, 15) is 4.79 Å². The van der Waals surface area contributed by atoms with Gasteiger partial charge in [0, 0.05) is 17.8 Å². The van der Waals surface area contributed by atoms with Crippen LogP contribution in [0.5, 0.6) is 5.75 Å². The molecule has 0 saturated heterocycles. The molecule has 5 nitrogen and oxygen atoms in total. The number of methoxy groups -OCH3 is 1. The van der Waals surface area contributed by atoms with Gasteiger partial charge in [0.15, 0.2) is 5.11 Å². The molecule has 1 aromatic carbocycles. The Kier molecular flexibility index (Phi) is 5.42. The van der Waals surface area contributed by atoms with E-state index in [1.165, 1.54) is 0 Å². The van der Waals surface area contributed by atoms with E-state index in [2.05, 4.69) is 24.5 Å². The number of carbonyl (C=O) groups is 1. The Morgan fingerprint density at radius 3 is 2.77 bits per heavy atom. The molecule has 0 spiro atoms. The van der Waals surface area contributed by atoms with Crippen LogP contribution in [0.4, 0.5) is 5.69 Å². The average molecular weight is 377 g/mol. The second-order valence-electron chi connectivity index (χ2n) is 7.81. The first kappa shape index (κ1) is 19.0. The number of rotatable bonds is 5. The maximum Gasteiger partial charge on any atom is 0.311 e. The van der Waals surface area contributed by atoms with Crippen LogP contribution >= 0.6 is 12.2 Å². The van der Waals surface area contributed by atoms with E-state index in [0.29, 0.717) is 23.6 Å². The molecule has 0 unspecified atom stereocenters. The van der Waals surface area contributed by atoms with Gasteiger partial charge in [-0.05, 0) is 61.4 Å². The van der Waals surface area contributed by atoms with Crippen molar-refractivity contribution in [3.05, 3.63) is 24.3 Å². The Labute approximate surface area is 160 Å². The SMILES string of the molecule is CCOC(=O)[C@@H]1C[C@H]2C[C@@H]([C@H]1NC(=S)Nc1cccc(OC)c1)C2(C)C. The predicted octanol–water partition coefficient (Wildman–Crippen LogP) is 3.60. The first-order valence-electron chi connectivity index (χ1n) is 9.25. The van der Waals surface area contributed by atoms with Crippen molar-refractivity contribution in [2.75, 3.05) is 19.0 Å². The molecule has 0 aromatic heterocycles. The maximum atomic E-state index is 12.5. The monoisotopic (exact) mass is 376 g/mol. The molecule has 3 fully saturated rings. The largest absolute Gasteiger partial charge is 0.497 e. The van der Waals surface area contributed by atoms with Crippen LogP contribution in [0.25, 0.3) is 0 Å². The van der Waals surface area contributed by atoms with Gasteiger partial charge in [-0.3, -0.25) is 4.79 Å². The number of nitrogens with one attached hydrogen (secondary N) is 2. The molecule has 3 saturated carbocycles. The summed E-state index contributed by atoms with van der Waals surface area (Å²) in [6.45, 7) is 6.84. The standard InChI is InChI=1S/C20H28N2O3S/c1-5-25-18(23)15-9-12-10-16(20(12,2)3)17(15)22-19(26)21-13-7-6-8-14(11-13)24-4/h6-8,11-12,15-17H,5,9-10H2,1-4H3,(H2,21,22,26)/t12-,15+,16-,17-/m0/s1. The maximum absolute atomic E-state index is 12.5. The van der Waals surface area contributed by atoms with Gasteiger partial charge in [0.2, 0.25) is 0 Å². The topological polar surface area (TPSA) is 59.6 Å². The summed E-state index contributed by atoms with van der Waals surface area (Å²) in [5.74, 6) is 1.51. The van der Waals surface area contributed by atoms with Gasteiger partial charge in [-0.2, -0.15) is 0 Å². The minimum Gasteiger partial charge on any atom is -0.497 e. The smallest absolute Gasteiger partial charge is 0.311 e. The summed E-state index contributed by atoms with van der Waals surface area (Å²) in [5, 5.41) is 7.15. The summed E-state index contributed by atoms with van der Waals surface area (Å²) in [6.07, 6.45) is 2.00. The van der Waals surface area contributed by atoms with Crippen LogP contribution in [0.2, 0.25) is 0 Å². The third-order valence-electron chi connectivity index (χ3n) is 6.17. The third-order valence-corrected chi connectivity index (χ3v) is 6.39. The highest BCUT2D eigenvalue weighted by Gasteiger charge is 2.59. The number of ether oxygens (including phenoxy) is 2. The summed E-state index contributed by atoms with van der Waals surface area (Å²) < 4.78 is 10.6. The van der Waals surface area contributed by atoms with E-state index in [4.69, 9.17) is 21.7 Å². The molecule has 0 aliphatic heterocycles. The van der Waals surface area contributed by atoms with Crippen LogP contribution in [-0.2, 0) is 9.53 Å². The summed E-state index contributed by atoms with van der Waals surface area (Å²) in [5.41, 5.74) is 1.09. The van der Waals surface area contributed by atoms with Gasteiger partial charge in [-0.25, -0.2) is 0 Å². The van der Waals surface area contributed by atoms with Gasteiger partial charge in [-0.15, -0.1) is 0 Å². The lowest BCUT2D eigenvalue weighted by atomic mass is 9.45. The van der Waals surface area contributed by atoms with Gasteiger partial charge in [-0.1, -0.05) is 19.9 Å². The van der Waals surface area contributed by atoms with E-state index in [-0.39, 0.29) is 23.3 Å². The van der Waals surface area contributed by atoms with Crippen molar-refractivity contribution in [1.29, 1.82) is 0 Å². The van der Waals surface area contributed by atoms with E-state index < -0.39 is 0 Å². The third kappa shape index (κ3) is 3.52. The zero-order chi connectivity index (χ0) is 18.9. The molecule has 2 N–H and O–H groups in total. The lowest BCUT2D eigenvalue weighted by molar-refractivity contribution is -0.166. The number of benzene rings is 1.